The molecule has 6 nitrogen and oxygen atoms in total. The van der Waals surface area contributed by atoms with Crippen LogP contribution in [0.4, 0.5) is 4.79 Å². The molecule has 0 saturated carbocycles. The van der Waals surface area contributed by atoms with Gasteiger partial charge < -0.3 is 9.64 Å². The van der Waals surface area contributed by atoms with Crippen molar-refractivity contribution in [3.05, 3.63) is 29.8 Å². The second-order valence-electron chi connectivity index (χ2n) is 4.65. The normalized spacial score (nSPS) is 20.2. The van der Waals surface area contributed by atoms with Gasteiger partial charge in [-0.25, -0.2) is 4.79 Å². The standard InChI is InChI=1S/C12H15NO5S/c1-13-7-10(8-18-12(13)14)6-9-2-4-11(5-3-9)19(15,16)17/h2-5,10H,6-8H2,1H3,(H,15,16,17). The summed E-state index contributed by atoms with van der Waals surface area (Å²) in [7, 11) is -2.47. The molecule has 1 amide bonds. The van der Waals surface area contributed by atoms with Crippen LogP contribution in [-0.2, 0) is 21.3 Å². The van der Waals surface area contributed by atoms with E-state index in [1.807, 2.05) is 0 Å². The fourth-order valence-electron chi connectivity index (χ4n) is 2.07. The summed E-state index contributed by atoms with van der Waals surface area (Å²) in [6, 6.07) is 6.03. The van der Waals surface area contributed by atoms with Crippen LogP contribution in [0, 0.1) is 5.92 Å². The summed E-state index contributed by atoms with van der Waals surface area (Å²) in [6.45, 7) is 0.974. The topological polar surface area (TPSA) is 83.9 Å². The van der Waals surface area contributed by atoms with E-state index in [0.29, 0.717) is 19.6 Å². The van der Waals surface area contributed by atoms with Crippen LogP contribution in [0.3, 0.4) is 0 Å². The van der Waals surface area contributed by atoms with Crippen LogP contribution < -0.4 is 0 Å². The van der Waals surface area contributed by atoms with Crippen molar-refractivity contribution < 1.29 is 22.5 Å². The summed E-state index contributed by atoms with van der Waals surface area (Å²) >= 11 is 0. The Hall–Kier alpha value is -1.60. The molecule has 1 aromatic carbocycles. The van der Waals surface area contributed by atoms with Crippen molar-refractivity contribution in [3.8, 4) is 0 Å². The summed E-state index contributed by atoms with van der Waals surface area (Å²) in [6.07, 6.45) is 0.363. The number of benzene rings is 1. The number of carbonyl (C=O) groups excluding carboxylic acids is 1. The Balaban J connectivity index is 2.02. The smallest absolute Gasteiger partial charge is 0.409 e. The van der Waals surface area contributed by atoms with Gasteiger partial charge in [0.05, 0.1) is 11.5 Å². The molecular formula is C12H15NO5S. The summed E-state index contributed by atoms with van der Waals surface area (Å²) in [4.78, 5) is 12.5. The number of cyclic esters (lactones) is 1. The zero-order valence-electron chi connectivity index (χ0n) is 10.4. The van der Waals surface area contributed by atoms with Gasteiger partial charge in [0.2, 0.25) is 0 Å². The number of ether oxygens (including phenoxy) is 1. The van der Waals surface area contributed by atoms with Gasteiger partial charge in [-0.15, -0.1) is 0 Å². The molecule has 0 bridgehead atoms. The SMILES string of the molecule is CN1CC(Cc2ccc(S(=O)(=O)O)cc2)COC1=O. The summed E-state index contributed by atoms with van der Waals surface area (Å²) in [5.41, 5.74) is 0.934. The highest BCUT2D eigenvalue weighted by Crippen LogP contribution is 2.17. The minimum Gasteiger partial charge on any atom is -0.449 e. The van der Waals surface area contributed by atoms with E-state index in [1.165, 1.54) is 17.0 Å². The largest absolute Gasteiger partial charge is 0.449 e. The number of amides is 1. The number of carbonyl (C=O) groups is 1. The Kier molecular flexibility index (Phi) is 3.77. The Morgan fingerprint density at radius 2 is 2.00 bits per heavy atom. The second kappa shape index (κ2) is 5.18. The van der Waals surface area contributed by atoms with E-state index in [0.717, 1.165) is 5.56 Å². The van der Waals surface area contributed by atoms with E-state index in [4.69, 9.17) is 9.29 Å². The van der Waals surface area contributed by atoms with Gasteiger partial charge in [0.25, 0.3) is 10.1 Å². The molecule has 19 heavy (non-hydrogen) atoms. The molecule has 1 atom stereocenters. The first-order chi connectivity index (χ1) is 8.86. The molecule has 1 N–H and O–H groups in total. The van der Waals surface area contributed by atoms with E-state index in [1.54, 1.807) is 19.2 Å². The first kappa shape index (κ1) is 13.8. The molecule has 1 heterocycles. The van der Waals surface area contributed by atoms with Crippen LogP contribution in [0.5, 0.6) is 0 Å². The predicted octanol–water partition coefficient (Wildman–Crippen LogP) is 1.17. The van der Waals surface area contributed by atoms with Gasteiger partial charge in [0.1, 0.15) is 0 Å². The maximum atomic E-state index is 11.2. The van der Waals surface area contributed by atoms with E-state index in [9.17, 15) is 13.2 Å². The Morgan fingerprint density at radius 1 is 1.37 bits per heavy atom. The molecule has 0 spiro atoms. The third kappa shape index (κ3) is 3.45. The second-order valence-corrected chi connectivity index (χ2v) is 6.07. The molecule has 1 aliphatic heterocycles. The molecular weight excluding hydrogens is 270 g/mol. The molecule has 1 unspecified atom stereocenters. The van der Waals surface area contributed by atoms with Gasteiger partial charge >= 0.3 is 6.09 Å². The van der Waals surface area contributed by atoms with E-state index in [-0.39, 0.29) is 16.9 Å². The third-order valence-corrected chi connectivity index (χ3v) is 3.90. The molecule has 1 fully saturated rings. The molecule has 0 aromatic heterocycles. The number of hydrogen-bond acceptors (Lipinski definition) is 4. The highest BCUT2D eigenvalue weighted by atomic mass is 32.2. The number of nitrogens with zero attached hydrogens (tertiary/aromatic N) is 1. The third-order valence-electron chi connectivity index (χ3n) is 3.03. The van der Waals surface area contributed by atoms with Crippen LogP contribution in [0.25, 0.3) is 0 Å². The lowest BCUT2D eigenvalue weighted by molar-refractivity contribution is 0.0532. The van der Waals surface area contributed by atoms with Crippen molar-refractivity contribution >= 4 is 16.2 Å². The molecule has 1 saturated heterocycles. The van der Waals surface area contributed by atoms with E-state index in [2.05, 4.69) is 0 Å². The zero-order valence-corrected chi connectivity index (χ0v) is 11.3. The van der Waals surface area contributed by atoms with Gasteiger partial charge in [-0.2, -0.15) is 8.42 Å². The highest BCUT2D eigenvalue weighted by Gasteiger charge is 2.24. The number of rotatable bonds is 3. The minimum atomic E-state index is -4.15. The molecule has 1 aromatic rings. The van der Waals surface area contributed by atoms with Gasteiger partial charge in [-0.1, -0.05) is 12.1 Å². The van der Waals surface area contributed by atoms with Crippen molar-refractivity contribution in [1.82, 2.24) is 4.90 Å². The lowest BCUT2D eigenvalue weighted by atomic mass is 9.99. The summed E-state index contributed by atoms with van der Waals surface area (Å²) < 4.78 is 35.7. The molecule has 7 heteroatoms. The van der Waals surface area contributed by atoms with Crippen molar-refractivity contribution in [1.29, 1.82) is 0 Å². The molecule has 2 rings (SSSR count). The van der Waals surface area contributed by atoms with Crippen LogP contribution in [-0.4, -0.2) is 44.2 Å². The Labute approximate surface area is 111 Å². The van der Waals surface area contributed by atoms with E-state index >= 15 is 0 Å². The maximum Gasteiger partial charge on any atom is 0.409 e. The van der Waals surface area contributed by atoms with Crippen LogP contribution in [0.1, 0.15) is 5.56 Å². The van der Waals surface area contributed by atoms with E-state index < -0.39 is 10.1 Å². The van der Waals surface area contributed by atoms with Crippen molar-refractivity contribution in [3.63, 3.8) is 0 Å². The van der Waals surface area contributed by atoms with Crippen molar-refractivity contribution in [2.75, 3.05) is 20.2 Å². The lowest BCUT2D eigenvalue weighted by Crippen LogP contribution is -2.41. The van der Waals surface area contributed by atoms with Gasteiger partial charge in [0, 0.05) is 19.5 Å². The quantitative estimate of drug-likeness (QED) is 0.843. The average Bonchev–Trinajstić information content (AvgIpc) is 2.33. The zero-order chi connectivity index (χ0) is 14.0. The van der Waals surface area contributed by atoms with Crippen LogP contribution in [0.2, 0.25) is 0 Å². The molecule has 0 aliphatic carbocycles. The molecule has 0 radical (unpaired) electrons. The molecule has 1 aliphatic rings. The first-order valence-corrected chi connectivity index (χ1v) is 7.24. The predicted molar refractivity (Wildman–Crippen MR) is 67.4 cm³/mol. The van der Waals surface area contributed by atoms with Gasteiger partial charge in [-0.05, 0) is 24.1 Å². The monoisotopic (exact) mass is 285 g/mol. The average molecular weight is 285 g/mol. The van der Waals surface area contributed by atoms with Crippen LogP contribution in [0.15, 0.2) is 29.2 Å². The lowest BCUT2D eigenvalue weighted by Gasteiger charge is -2.29. The first-order valence-electron chi connectivity index (χ1n) is 5.80. The van der Waals surface area contributed by atoms with Crippen LogP contribution >= 0.6 is 0 Å². The molecule has 104 valence electrons. The fraction of sp³-hybridized carbons (Fsp3) is 0.417. The van der Waals surface area contributed by atoms with Gasteiger partial charge in [-0.3, -0.25) is 4.55 Å². The maximum absolute atomic E-state index is 11.2. The van der Waals surface area contributed by atoms with Crippen molar-refractivity contribution in [2.45, 2.75) is 11.3 Å². The van der Waals surface area contributed by atoms with Gasteiger partial charge in [0.15, 0.2) is 0 Å². The summed E-state index contributed by atoms with van der Waals surface area (Å²) in [5.74, 6) is 0.180. The summed E-state index contributed by atoms with van der Waals surface area (Å²) in [5, 5.41) is 0. The van der Waals surface area contributed by atoms with Crippen molar-refractivity contribution in [2.24, 2.45) is 5.92 Å². The number of hydrogen-bond donors (Lipinski definition) is 1. The highest BCUT2D eigenvalue weighted by molar-refractivity contribution is 7.85. The Morgan fingerprint density at radius 3 is 2.53 bits per heavy atom. The fourth-order valence-corrected chi connectivity index (χ4v) is 2.55. The Bertz CT molecular complexity index is 566. The minimum absolute atomic E-state index is 0.122.